The van der Waals surface area contributed by atoms with E-state index in [-0.39, 0.29) is 11.9 Å². The molecule has 0 bridgehead atoms. The predicted octanol–water partition coefficient (Wildman–Crippen LogP) is 6.42. The number of piperidine rings is 1. The monoisotopic (exact) mass is 716 g/mol. The second kappa shape index (κ2) is 15.1. The zero-order valence-corrected chi connectivity index (χ0v) is 30.3. The number of urea groups is 1. The van der Waals surface area contributed by atoms with E-state index in [4.69, 9.17) is 16.3 Å². The van der Waals surface area contributed by atoms with Crippen molar-refractivity contribution >= 4 is 70.5 Å². The third kappa shape index (κ3) is 8.21. The van der Waals surface area contributed by atoms with Crippen molar-refractivity contribution in [3.63, 3.8) is 0 Å². The number of anilines is 6. The summed E-state index contributed by atoms with van der Waals surface area (Å²) in [4.78, 5) is 39.0. The molecule has 0 spiro atoms. The molecule has 12 nitrogen and oxygen atoms in total. The Kier molecular flexibility index (Phi) is 10.6. The Hall–Kier alpha value is -4.64. The SMILES string of the molecule is COc1cc(N2CCC(N(C)Cc3ccc(N4CCC(=O)NC4=O)cc3)CC2)ccc1Nc1ncc(Cl)c(Nc2ccccc2P(C)(C)=O)n1. The van der Waals surface area contributed by atoms with E-state index < -0.39 is 7.14 Å². The number of halogens is 1. The minimum Gasteiger partial charge on any atom is -0.494 e. The standard InChI is InChI=1S/C36H42ClN8O4P/c1-43(23-24-9-11-26(12-10-24)45-20-17-33(46)41-36(45)47)25-15-18-44(19-16-25)27-13-14-29(31(21-27)49-2)40-35-38-22-28(37)34(42-35)39-30-7-5-6-8-32(30)50(3,4)48/h5-14,21-22,25H,15-20,23H2,1-4H3,(H,41,46,47)(H2,38,39,40,42). The summed E-state index contributed by atoms with van der Waals surface area (Å²) in [5, 5.41) is 9.93. The van der Waals surface area contributed by atoms with Gasteiger partial charge in [-0.2, -0.15) is 4.98 Å². The second-order valence-corrected chi connectivity index (χ2v) is 16.5. The molecule has 6 rings (SSSR count). The lowest BCUT2D eigenvalue weighted by atomic mass is 10.0. The first-order valence-electron chi connectivity index (χ1n) is 16.5. The maximum Gasteiger partial charge on any atom is 0.328 e. The van der Waals surface area contributed by atoms with Gasteiger partial charge < -0.3 is 24.8 Å². The van der Waals surface area contributed by atoms with Crippen LogP contribution in [-0.4, -0.2) is 80.0 Å². The summed E-state index contributed by atoms with van der Waals surface area (Å²) >= 11 is 6.45. The predicted molar refractivity (Wildman–Crippen MR) is 201 cm³/mol. The maximum absolute atomic E-state index is 12.9. The number of nitrogens with one attached hydrogen (secondary N) is 3. The average Bonchev–Trinajstić information content (AvgIpc) is 3.10. The Labute approximate surface area is 297 Å². The summed E-state index contributed by atoms with van der Waals surface area (Å²) < 4.78 is 18.6. The average molecular weight is 717 g/mol. The zero-order chi connectivity index (χ0) is 35.4. The molecular weight excluding hydrogens is 675 g/mol. The molecule has 3 heterocycles. The highest BCUT2D eigenvalue weighted by Crippen LogP contribution is 2.39. The van der Waals surface area contributed by atoms with Crippen LogP contribution in [0.4, 0.5) is 39.3 Å². The van der Waals surface area contributed by atoms with E-state index in [0.717, 1.165) is 43.9 Å². The van der Waals surface area contributed by atoms with Gasteiger partial charge in [-0.3, -0.25) is 19.9 Å². The summed E-state index contributed by atoms with van der Waals surface area (Å²) in [6.45, 7) is 6.47. The van der Waals surface area contributed by atoms with Crippen molar-refractivity contribution < 1.29 is 18.9 Å². The normalized spacial score (nSPS) is 15.6. The highest BCUT2D eigenvalue weighted by Gasteiger charge is 2.26. The fourth-order valence-electron chi connectivity index (χ4n) is 6.37. The fraction of sp³-hybridized carbons (Fsp3) is 0.333. The van der Waals surface area contributed by atoms with Crippen LogP contribution in [0.25, 0.3) is 0 Å². The van der Waals surface area contributed by atoms with Gasteiger partial charge in [-0.05, 0) is 75.2 Å². The molecule has 2 aliphatic heterocycles. The zero-order valence-electron chi connectivity index (χ0n) is 28.6. The molecule has 3 amide bonds. The second-order valence-electron chi connectivity index (χ2n) is 12.9. The van der Waals surface area contributed by atoms with Crippen molar-refractivity contribution in [3.8, 4) is 5.75 Å². The molecule has 2 saturated heterocycles. The first-order chi connectivity index (χ1) is 24.0. The third-order valence-corrected chi connectivity index (χ3v) is 10.9. The highest BCUT2D eigenvalue weighted by molar-refractivity contribution is 7.70. The first-order valence-corrected chi connectivity index (χ1v) is 19.5. The first kappa shape index (κ1) is 35.2. The van der Waals surface area contributed by atoms with Gasteiger partial charge in [-0.15, -0.1) is 0 Å². The number of hydrogen-bond acceptors (Lipinski definition) is 10. The van der Waals surface area contributed by atoms with Gasteiger partial charge in [0, 0.05) is 61.4 Å². The van der Waals surface area contributed by atoms with Gasteiger partial charge in [0.15, 0.2) is 5.82 Å². The summed E-state index contributed by atoms with van der Waals surface area (Å²) in [5.74, 6) is 1.16. The van der Waals surface area contributed by atoms with Gasteiger partial charge in [-0.25, -0.2) is 9.78 Å². The molecule has 4 aromatic rings. The molecule has 50 heavy (non-hydrogen) atoms. The Morgan fingerprint density at radius 1 is 0.980 bits per heavy atom. The molecule has 0 saturated carbocycles. The van der Waals surface area contributed by atoms with Gasteiger partial charge in [0.25, 0.3) is 0 Å². The summed E-state index contributed by atoms with van der Waals surface area (Å²) in [7, 11) is 1.26. The maximum atomic E-state index is 12.9. The Balaban J connectivity index is 1.05. The number of ether oxygens (including phenoxy) is 1. The number of nitrogens with zero attached hydrogens (tertiary/aromatic N) is 5. The van der Waals surface area contributed by atoms with Crippen LogP contribution in [0.1, 0.15) is 24.8 Å². The lowest BCUT2D eigenvalue weighted by Crippen LogP contribution is -2.49. The van der Waals surface area contributed by atoms with Crippen molar-refractivity contribution in [3.05, 3.63) is 83.5 Å². The van der Waals surface area contributed by atoms with Crippen molar-refractivity contribution in [2.45, 2.75) is 31.8 Å². The summed E-state index contributed by atoms with van der Waals surface area (Å²) in [5.41, 5.74) is 4.43. The van der Waals surface area contributed by atoms with Gasteiger partial charge in [0.05, 0.1) is 24.7 Å². The smallest absolute Gasteiger partial charge is 0.328 e. The van der Waals surface area contributed by atoms with E-state index in [9.17, 15) is 14.2 Å². The number of carbonyl (C=O) groups is 2. The van der Waals surface area contributed by atoms with Crippen LogP contribution in [0.2, 0.25) is 5.02 Å². The van der Waals surface area contributed by atoms with Gasteiger partial charge >= 0.3 is 6.03 Å². The molecule has 3 N–H and O–H groups in total. The number of carbonyl (C=O) groups excluding carboxylic acids is 2. The molecule has 2 fully saturated rings. The van der Waals surface area contributed by atoms with Gasteiger partial charge in [-0.1, -0.05) is 35.9 Å². The van der Waals surface area contributed by atoms with Crippen molar-refractivity contribution in [1.29, 1.82) is 0 Å². The van der Waals surface area contributed by atoms with Crippen molar-refractivity contribution in [2.75, 3.05) is 67.6 Å². The number of aromatic nitrogens is 2. The van der Waals surface area contributed by atoms with E-state index in [2.05, 4.69) is 61.0 Å². The third-order valence-electron chi connectivity index (χ3n) is 9.10. The molecule has 0 aliphatic carbocycles. The van der Waals surface area contributed by atoms with Gasteiger partial charge in [0.1, 0.15) is 17.9 Å². The number of amides is 3. The van der Waals surface area contributed by atoms with Crippen LogP contribution in [0.15, 0.2) is 72.9 Å². The van der Waals surface area contributed by atoms with E-state index in [1.165, 1.54) is 11.8 Å². The minimum atomic E-state index is -2.54. The topological polar surface area (TPSA) is 132 Å². The van der Waals surface area contributed by atoms with Crippen LogP contribution in [0.5, 0.6) is 5.75 Å². The lowest BCUT2D eigenvalue weighted by molar-refractivity contribution is -0.120. The number of methoxy groups -OCH3 is 1. The largest absolute Gasteiger partial charge is 0.494 e. The van der Waals surface area contributed by atoms with Crippen molar-refractivity contribution in [1.82, 2.24) is 20.2 Å². The van der Waals surface area contributed by atoms with E-state index in [1.54, 1.807) is 25.3 Å². The highest BCUT2D eigenvalue weighted by atomic mass is 35.5. The van der Waals surface area contributed by atoms with E-state index in [1.807, 2.05) is 48.5 Å². The summed E-state index contributed by atoms with van der Waals surface area (Å²) in [6, 6.07) is 21.5. The van der Waals surface area contributed by atoms with Crippen LogP contribution >= 0.6 is 18.7 Å². The Morgan fingerprint density at radius 2 is 1.70 bits per heavy atom. The number of imide groups is 1. The molecule has 14 heteroatoms. The van der Waals surface area contributed by atoms with E-state index >= 15 is 0 Å². The van der Waals surface area contributed by atoms with Gasteiger partial charge in [0.2, 0.25) is 11.9 Å². The number of rotatable bonds is 11. The molecule has 0 unspecified atom stereocenters. The molecule has 1 aromatic heterocycles. The fourth-order valence-corrected chi connectivity index (χ4v) is 7.66. The Morgan fingerprint density at radius 3 is 2.40 bits per heavy atom. The quantitative estimate of drug-likeness (QED) is 0.150. The lowest BCUT2D eigenvalue weighted by Gasteiger charge is -2.38. The molecule has 262 valence electrons. The van der Waals surface area contributed by atoms with Crippen LogP contribution in [0, 0.1) is 0 Å². The number of benzene rings is 3. The molecule has 3 aromatic carbocycles. The molecule has 0 radical (unpaired) electrons. The Bertz CT molecular complexity index is 1910. The molecular formula is C36H42ClN8O4P. The molecule has 2 aliphatic rings. The van der Waals surface area contributed by atoms with Crippen molar-refractivity contribution in [2.24, 2.45) is 0 Å². The van der Waals surface area contributed by atoms with Crippen LogP contribution < -0.4 is 35.8 Å². The minimum absolute atomic E-state index is 0.234. The number of para-hydroxylation sites is 1. The molecule has 0 atom stereocenters. The summed E-state index contributed by atoms with van der Waals surface area (Å²) in [6.07, 6.45) is 3.86. The number of hydrogen-bond donors (Lipinski definition) is 3. The van der Waals surface area contributed by atoms with Crippen LogP contribution in [0.3, 0.4) is 0 Å². The van der Waals surface area contributed by atoms with E-state index in [0.29, 0.717) is 58.2 Å². The van der Waals surface area contributed by atoms with Crippen LogP contribution in [-0.2, 0) is 15.9 Å².